The summed E-state index contributed by atoms with van der Waals surface area (Å²) in [6.07, 6.45) is 1.52. The van der Waals surface area contributed by atoms with Crippen molar-refractivity contribution in [3.8, 4) is 0 Å². The fourth-order valence-corrected chi connectivity index (χ4v) is 3.08. The van der Waals surface area contributed by atoms with E-state index < -0.39 is 5.54 Å². The van der Waals surface area contributed by atoms with Crippen molar-refractivity contribution in [3.63, 3.8) is 0 Å². The van der Waals surface area contributed by atoms with E-state index in [0.29, 0.717) is 6.42 Å². The summed E-state index contributed by atoms with van der Waals surface area (Å²) in [7, 11) is 1.75. The molecule has 0 aliphatic rings. The summed E-state index contributed by atoms with van der Waals surface area (Å²) >= 11 is 3.02. The van der Waals surface area contributed by atoms with Gasteiger partial charge in [-0.2, -0.15) is 4.37 Å². The first kappa shape index (κ1) is 14.4. The third kappa shape index (κ3) is 3.93. The Kier molecular flexibility index (Phi) is 5.35. The van der Waals surface area contributed by atoms with Gasteiger partial charge in [-0.1, -0.05) is 18.7 Å². The molecule has 0 bridgehead atoms. The summed E-state index contributed by atoms with van der Waals surface area (Å²) in [6, 6.07) is 0. The number of carbonyl (C=O) groups is 1. The Morgan fingerprint density at radius 2 is 2.35 bits per heavy atom. The van der Waals surface area contributed by atoms with Gasteiger partial charge in [0, 0.05) is 12.2 Å². The average molecular weight is 274 g/mol. The average Bonchev–Trinajstić information content (AvgIpc) is 2.76. The SMILES string of the molecule is CCc1nsc(SCCC(C)(NC)C(N)=O)n1. The zero-order valence-corrected chi connectivity index (χ0v) is 12.0. The maximum absolute atomic E-state index is 11.3. The van der Waals surface area contributed by atoms with Gasteiger partial charge in [-0.15, -0.1) is 0 Å². The maximum atomic E-state index is 11.3. The molecule has 17 heavy (non-hydrogen) atoms. The van der Waals surface area contributed by atoms with E-state index >= 15 is 0 Å². The molecule has 1 amide bonds. The Morgan fingerprint density at radius 3 is 2.82 bits per heavy atom. The minimum Gasteiger partial charge on any atom is -0.368 e. The van der Waals surface area contributed by atoms with E-state index in [9.17, 15) is 4.79 Å². The molecule has 0 saturated carbocycles. The second kappa shape index (κ2) is 6.32. The Labute approximate surface area is 110 Å². The van der Waals surface area contributed by atoms with E-state index in [1.807, 2.05) is 13.8 Å². The van der Waals surface area contributed by atoms with Crippen LogP contribution in [0.15, 0.2) is 4.34 Å². The molecule has 0 radical (unpaired) electrons. The van der Waals surface area contributed by atoms with Gasteiger partial charge in [0.25, 0.3) is 0 Å². The molecule has 0 aliphatic carbocycles. The first-order valence-electron chi connectivity index (χ1n) is 5.46. The van der Waals surface area contributed by atoms with Crippen molar-refractivity contribution < 1.29 is 4.79 Å². The highest BCUT2D eigenvalue weighted by Crippen LogP contribution is 2.23. The summed E-state index contributed by atoms with van der Waals surface area (Å²) in [5.74, 6) is 1.34. The van der Waals surface area contributed by atoms with E-state index in [-0.39, 0.29) is 5.91 Å². The van der Waals surface area contributed by atoms with Gasteiger partial charge < -0.3 is 11.1 Å². The van der Waals surface area contributed by atoms with Gasteiger partial charge in [0.15, 0.2) is 4.34 Å². The number of thioether (sulfide) groups is 1. The van der Waals surface area contributed by atoms with Crippen molar-refractivity contribution in [2.24, 2.45) is 5.73 Å². The predicted octanol–water partition coefficient (Wildman–Crippen LogP) is 1.05. The normalized spacial score (nSPS) is 14.5. The molecule has 0 spiro atoms. The number of rotatable bonds is 7. The molecule has 1 aromatic rings. The number of likely N-dealkylation sites (N-methyl/N-ethyl adjacent to an activating group) is 1. The molecule has 7 heteroatoms. The number of primary amides is 1. The van der Waals surface area contributed by atoms with Gasteiger partial charge in [-0.3, -0.25) is 4.79 Å². The molecule has 1 aromatic heterocycles. The quantitative estimate of drug-likeness (QED) is 0.726. The Bertz CT molecular complexity index is 382. The third-order valence-corrected chi connectivity index (χ3v) is 4.56. The first-order chi connectivity index (χ1) is 8.01. The highest BCUT2D eigenvalue weighted by Gasteiger charge is 2.28. The molecule has 1 atom stereocenters. The second-order valence-electron chi connectivity index (χ2n) is 3.87. The van der Waals surface area contributed by atoms with Crippen LogP contribution in [0.3, 0.4) is 0 Å². The second-order valence-corrected chi connectivity index (χ2v) is 5.97. The fourth-order valence-electron chi connectivity index (χ4n) is 1.15. The first-order valence-corrected chi connectivity index (χ1v) is 7.22. The lowest BCUT2D eigenvalue weighted by molar-refractivity contribution is -0.123. The minimum absolute atomic E-state index is 0.327. The van der Waals surface area contributed by atoms with Crippen LogP contribution in [0.25, 0.3) is 0 Å². The number of amides is 1. The fraction of sp³-hybridized carbons (Fsp3) is 0.700. The van der Waals surface area contributed by atoms with E-state index in [0.717, 1.165) is 22.3 Å². The molecular formula is C10H18N4OS2. The number of nitrogens with zero attached hydrogens (tertiary/aromatic N) is 2. The van der Waals surface area contributed by atoms with Gasteiger partial charge in [0.05, 0.1) is 5.54 Å². The van der Waals surface area contributed by atoms with Gasteiger partial charge in [-0.25, -0.2) is 4.98 Å². The smallest absolute Gasteiger partial charge is 0.237 e. The van der Waals surface area contributed by atoms with Crippen LogP contribution in [0, 0.1) is 0 Å². The summed E-state index contributed by atoms with van der Waals surface area (Å²) in [5.41, 5.74) is 4.70. The molecule has 0 aliphatic heterocycles. The van der Waals surface area contributed by atoms with Crippen molar-refractivity contribution in [2.45, 2.75) is 36.6 Å². The summed E-state index contributed by atoms with van der Waals surface area (Å²) < 4.78 is 5.16. The molecule has 1 heterocycles. The lowest BCUT2D eigenvalue weighted by atomic mass is 9.99. The van der Waals surface area contributed by atoms with Gasteiger partial charge in [0.1, 0.15) is 5.82 Å². The summed E-state index contributed by atoms with van der Waals surface area (Å²) in [5, 5.41) is 2.96. The van der Waals surface area contributed by atoms with Crippen molar-refractivity contribution >= 4 is 29.2 Å². The lowest BCUT2D eigenvalue weighted by Crippen LogP contribution is -2.51. The van der Waals surface area contributed by atoms with Crippen LogP contribution >= 0.6 is 23.3 Å². The molecule has 1 rings (SSSR count). The predicted molar refractivity (Wildman–Crippen MR) is 71.3 cm³/mol. The van der Waals surface area contributed by atoms with Crippen LogP contribution in [0.2, 0.25) is 0 Å². The zero-order chi connectivity index (χ0) is 12.9. The highest BCUT2D eigenvalue weighted by atomic mass is 32.2. The number of nitrogens with two attached hydrogens (primary N) is 1. The van der Waals surface area contributed by atoms with E-state index in [4.69, 9.17) is 5.73 Å². The van der Waals surface area contributed by atoms with Gasteiger partial charge in [0.2, 0.25) is 5.91 Å². The van der Waals surface area contributed by atoms with Crippen molar-refractivity contribution in [3.05, 3.63) is 5.82 Å². The number of aromatic nitrogens is 2. The Hall–Kier alpha value is -0.660. The summed E-state index contributed by atoms with van der Waals surface area (Å²) in [4.78, 5) is 15.6. The van der Waals surface area contributed by atoms with Gasteiger partial charge >= 0.3 is 0 Å². The van der Waals surface area contributed by atoms with Crippen LogP contribution in [-0.2, 0) is 11.2 Å². The topological polar surface area (TPSA) is 80.9 Å². The molecule has 5 nitrogen and oxygen atoms in total. The summed E-state index contributed by atoms with van der Waals surface area (Å²) in [6.45, 7) is 3.84. The van der Waals surface area contributed by atoms with Crippen molar-refractivity contribution in [2.75, 3.05) is 12.8 Å². The molecule has 0 aromatic carbocycles. The molecule has 3 N–H and O–H groups in total. The van der Waals surface area contributed by atoms with Gasteiger partial charge in [-0.05, 0) is 31.9 Å². The number of hydrogen-bond acceptors (Lipinski definition) is 6. The molecule has 0 fully saturated rings. The van der Waals surface area contributed by atoms with Crippen LogP contribution in [0.4, 0.5) is 0 Å². The molecular weight excluding hydrogens is 256 g/mol. The Balaban J connectivity index is 2.44. The van der Waals surface area contributed by atoms with E-state index in [1.165, 1.54) is 11.5 Å². The molecule has 1 unspecified atom stereocenters. The third-order valence-electron chi connectivity index (χ3n) is 2.69. The largest absolute Gasteiger partial charge is 0.368 e. The van der Waals surface area contributed by atoms with Crippen LogP contribution in [-0.4, -0.2) is 33.6 Å². The zero-order valence-electron chi connectivity index (χ0n) is 10.3. The number of hydrogen-bond donors (Lipinski definition) is 2. The number of nitrogens with one attached hydrogen (secondary N) is 1. The van der Waals surface area contributed by atoms with Crippen LogP contribution in [0.1, 0.15) is 26.1 Å². The van der Waals surface area contributed by atoms with Crippen molar-refractivity contribution in [1.29, 1.82) is 0 Å². The number of aryl methyl sites for hydroxylation is 1. The lowest BCUT2D eigenvalue weighted by Gasteiger charge is -2.24. The monoisotopic (exact) mass is 274 g/mol. The Morgan fingerprint density at radius 1 is 1.65 bits per heavy atom. The highest BCUT2D eigenvalue weighted by molar-refractivity contribution is 8.00. The van der Waals surface area contributed by atoms with Crippen LogP contribution in [0.5, 0.6) is 0 Å². The molecule has 0 saturated heterocycles. The molecule has 96 valence electrons. The number of carbonyl (C=O) groups excluding carboxylic acids is 1. The maximum Gasteiger partial charge on any atom is 0.237 e. The minimum atomic E-state index is -0.648. The van der Waals surface area contributed by atoms with E-state index in [1.54, 1.807) is 18.8 Å². The van der Waals surface area contributed by atoms with Crippen LogP contribution < -0.4 is 11.1 Å². The standard InChI is InChI=1S/C10H18N4OS2/c1-4-7-13-9(17-14-7)16-6-5-10(2,12-3)8(11)15/h12H,4-6H2,1-3H3,(H2,11,15). The van der Waals surface area contributed by atoms with Crippen molar-refractivity contribution in [1.82, 2.24) is 14.7 Å². The van der Waals surface area contributed by atoms with E-state index in [2.05, 4.69) is 14.7 Å².